The number of aryl methyl sites for hydroxylation is 1. The van der Waals surface area contributed by atoms with E-state index in [0.29, 0.717) is 29.9 Å². The summed E-state index contributed by atoms with van der Waals surface area (Å²) in [5.74, 6) is 0.488. The monoisotopic (exact) mass is 526 g/mol. The number of alkyl halides is 3. The lowest BCUT2D eigenvalue weighted by molar-refractivity contribution is -0.274. The van der Waals surface area contributed by atoms with Crippen LogP contribution in [0.3, 0.4) is 0 Å². The van der Waals surface area contributed by atoms with Gasteiger partial charge in [-0.2, -0.15) is 0 Å². The summed E-state index contributed by atoms with van der Waals surface area (Å²) in [7, 11) is 0. The molecule has 1 heterocycles. The first-order valence-electron chi connectivity index (χ1n) is 14.1. The lowest BCUT2D eigenvalue weighted by Gasteiger charge is -2.22. The second kappa shape index (κ2) is 11.8. The molecule has 7 heteroatoms. The molecule has 0 atom stereocenters. The number of halogens is 3. The van der Waals surface area contributed by atoms with Gasteiger partial charge in [-0.3, -0.25) is 4.79 Å². The highest BCUT2D eigenvalue weighted by atomic mass is 19.4. The zero-order valence-electron chi connectivity index (χ0n) is 21.9. The minimum absolute atomic E-state index is 0.0742. The average Bonchev–Trinajstić information content (AvgIpc) is 3.24. The molecule has 0 bridgehead atoms. The van der Waals surface area contributed by atoms with Gasteiger partial charge in [-0.25, -0.2) is 0 Å². The molecule has 2 aliphatic carbocycles. The molecule has 38 heavy (non-hydrogen) atoms. The van der Waals surface area contributed by atoms with Gasteiger partial charge in [-0.1, -0.05) is 62.8 Å². The fourth-order valence-electron chi connectivity index (χ4n) is 6.25. The number of hydrogen-bond donors (Lipinski definition) is 1. The topological polar surface area (TPSA) is 43.3 Å². The second-order valence-electron chi connectivity index (χ2n) is 11.0. The molecular formula is C31H37F3N2O2. The van der Waals surface area contributed by atoms with Crippen molar-refractivity contribution in [1.29, 1.82) is 0 Å². The molecule has 2 aliphatic rings. The molecule has 0 aliphatic heterocycles. The number of benzene rings is 2. The van der Waals surface area contributed by atoms with Crippen molar-refractivity contribution in [2.24, 2.45) is 5.92 Å². The summed E-state index contributed by atoms with van der Waals surface area (Å²) in [4.78, 5) is 12.8. The predicted molar refractivity (Wildman–Crippen MR) is 144 cm³/mol. The maximum Gasteiger partial charge on any atom is 0.573 e. The van der Waals surface area contributed by atoms with Crippen molar-refractivity contribution < 1.29 is 22.7 Å². The molecular weight excluding hydrogens is 489 g/mol. The number of carbonyl (C=O) groups excluding carboxylic acids is 1. The molecule has 0 unspecified atom stereocenters. The molecule has 2 saturated carbocycles. The van der Waals surface area contributed by atoms with E-state index >= 15 is 0 Å². The van der Waals surface area contributed by atoms with Gasteiger partial charge >= 0.3 is 6.36 Å². The zero-order valence-corrected chi connectivity index (χ0v) is 21.9. The van der Waals surface area contributed by atoms with E-state index in [2.05, 4.69) is 20.8 Å². The Balaban J connectivity index is 1.43. The van der Waals surface area contributed by atoms with E-state index in [0.717, 1.165) is 35.9 Å². The number of para-hydroxylation sites is 1. The highest BCUT2D eigenvalue weighted by molar-refractivity contribution is 5.90. The van der Waals surface area contributed by atoms with Crippen molar-refractivity contribution in [1.82, 2.24) is 9.88 Å². The van der Waals surface area contributed by atoms with Crippen LogP contribution in [0.2, 0.25) is 0 Å². The van der Waals surface area contributed by atoms with Gasteiger partial charge in [0.2, 0.25) is 5.91 Å². The third kappa shape index (κ3) is 6.72. The summed E-state index contributed by atoms with van der Waals surface area (Å²) in [6.45, 7) is 0.928. The van der Waals surface area contributed by atoms with E-state index in [-0.39, 0.29) is 17.7 Å². The maximum absolute atomic E-state index is 13.1. The molecule has 5 rings (SSSR count). The van der Waals surface area contributed by atoms with E-state index < -0.39 is 6.36 Å². The van der Waals surface area contributed by atoms with Gasteiger partial charge in [0.1, 0.15) is 5.75 Å². The summed E-state index contributed by atoms with van der Waals surface area (Å²) in [5, 5.41) is 4.20. The maximum atomic E-state index is 13.1. The van der Waals surface area contributed by atoms with Crippen LogP contribution in [0.25, 0.3) is 22.0 Å². The minimum atomic E-state index is -4.76. The molecule has 204 valence electrons. The van der Waals surface area contributed by atoms with Gasteiger partial charge in [-0.15, -0.1) is 13.2 Å². The lowest BCUT2D eigenvalue weighted by Crippen LogP contribution is -2.36. The first-order valence-corrected chi connectivity index (χ1v) is 14.1. The lowest BCUT2D eigenvalue weighted by atomic mass is 9.89. The van der Waals surface area contributed by atoms with E-state index in [1.165, 1.54) is 57.4 Å². The third-order valence-corrected chi connectivity index (χ3v) is 8.16. The van der Waals surface area contributed by atoms with Crippen LogP contribution in [-0.4, -0.2) is 22.9 Å². The Morgan fingerprint density at radius 3 is 2.39 bits per heavy atom. The van der Waals surface area contributed by atoms with Gasteiger partial charge in [-0.05, 0) is 67.3 Å². The largest absolute Gasteiger partial charge is 0.573 e. The number of carbonyl (C=O) groups is 1. The fraction of sp³-hybridized carbons (Fsp3) is 0.516. The van der Waals surface area contributed by atoms with Crippen molar-refractivity contribution in [2.75, 3.05) is 0 Å². The fourth-order valence-corrected chi connectivity index (χ4v) is 6.25. The van der Waals surface area contributed by atoms with Gasteiger partial charge in [0.05, 0.1) is 0 Å². The molecule has 1 aromatic heterocycles. The number of fused-ring (bicyclic) bond motifs is 1. The summed E-state index contributed by atoms with van der Waals surface area (Å²) >= 11 is 0. The number of rotatable bonds is 8. The third-order valence-electron chi connectivity index (χ3n) is 8.16. The summed E-state index contributed by atoms with van der Waals surface area (Å²) in [5.41, 5.74) is 3.19. The number of ether oxygens (including phenoxy) is 1. The van der Waals surface area contributed by atoms with Crippen LogP contribution in [-0.2, 0) is 17.8 Å². The SMILES string of the molecule is O=C(CCc1cn(CC2CCCCC2)c2ccc(-c3ccccc3OC(F)(F)F)cc12)NC1CCCCC1. The van der Waals surface area contributed by atoms with Gasteiger partial charge in [0.25, 0.3) is 0 Å². The van der Waals surface area contributed by atoms with Crippen molar-refractivity contribution in [3.8, 4) is 16.9 Å². The van der Waals surface area contributed by atoms with E-state index in [1.807, 2.05) is 18.2 Å². The number of nitrogens with one attached hydrogen (secondary N) is 1. The Kier molecular flexibility index (Phi) is 8.29. The minimum Gasteiger partial charge on any atom is -0.405 e. The Labute approximate surface area is 222 Å². The molecule has 0 spiro atoms. The highest BCUT2D eigenvalue weighted by Gasteiger charge is 2.32. The summed E-state index contributed by atoms with van der Waals surface area (Å²) < 4.78 is 45.8. The first-order chi connectivity index (χ1) is 18.4. The van der Waals surface area contributed by atoms with Crippen LogP contribution >= 0.6 is 0 Å². The molecule has 0 saturated heterocycles. The molecule has 2 aromatic carbocycles. The number of amides is 1. The average molecular weight is 527 g/mol. The number of hydrogen-bond acceptors (Lipinski definition) is 2. The Morgan fingerprint density at radius 1 is 0.947 bits per heavy atom. The Bertz CT molecular complexity index is 1240. The van der Waals surface area contributed by atoms with Gasteiger partial charge in [0.15, 0.2) is 0 Å². The van der Waals surface area contributed by atoms with Crippen molar-refractivity contribution >= 4 is 16.8 Å². The quantitative estimate of drug-likeness (QED) is 0.322. The highest BCUT2D eigenvalue weighted by Crippen LogP contribution is 2.37. The molecule has 1 N–H and O–H groups in total. The standard InChI is InChI=1S/C31H37F3N2O2/c32-31(33,34)38-29-14-8-7-13-26(29)23-15-17-28-27(19-23)24(21-36(28)20-22-9-3-1-4-10-22)16-18-30(37)35-25-11-5-2-6-12-25/h7-8,13-15,17,19,21-22,25H,1-6,9-12,16,18,20H2,(H,35,37). The molecule has 1 amide bonds. The molecule has 4 nitrogen and oxygen atoms in total. The van der Waals surface area contributed by atoms with Crippen molar-refractivity contribution in [2.45, 2.75) is 96.0 Å². The smallest absolute Gasteiger partial charge is 0.405 e. The molecule has 2 fully saturated rings. The van der Waals surface area contributed by atoms with Crippen LogP contribution in [0.1, 0.15) is 76.2 Å². The van der Waals surface area contributed by atoms with Crippen molar-refractivity contribution in [3.63, 3.8) is 0 Å². The van der Waals surface area contributed by atoms with Gasteiger partial charge in [0, 0.05) is 41.7 Å². The molecule has 3 aromatic rings. The Hall–Kier alpha value is -2.96. The second-order valence-corrected chi connectivity index (χ2v) is 11.0. The van der Waals surface area contributed by atoms with Gasteiger partial charge < -0.3 is 14.6 Å². The number of nitrogens with zero attached hydrogens (tertiary/aromatic N) is 1. The van der Waals surface area contributed by atoms with E-state index in [1.54, 1.807) is 18.2 Å². The van der Waals surface area contributed by atoms with E-state index in [9.17, 15) is 18.0 Å². The van der Waals surface area contributed by atoms with E-state index in [4.69, 9.17) is 0 Å². The first kappa shape index (κ1) is 26.6. The van der Waals surface area contributed by atoms with Crippen LogP contribution in [0, 0.1) is 5.92 Å². The molecule has 0 radical (unpaired) electrons. The normalized spacial score (nSPS) is 17.6. The van der Waals surface area contributed by atoms with Crippen LogP contribution in [0.5, 0.6) is 5.75 Å². The van der Waals surface area contributed by atoms with Crippen molar-refractivity contribution in [3.05, 3.63) is 54.2 Å². The van der Waals surface area contributed by atoms with Crippen LogP contribution in [0.15, 0.2) is 48.7 Å². The summed E-state index contributed by atoms with van der Waals surface area (Å²) in [6, 6.07) is 12.4. The van der Waals surface area contributed by atoms with Crippen LogP contribution < -0.4 is 10.1 Å². The number of aromatic nitrogens is 1. The zero-order chi connectivity index (χ0) is 26.5. The van der Waals surface area contributed by atoms with Crippen LogP contribution in [0.4, 0.5) is 13.2 Å². The predicted octanol–water partition coefficient (Wildman–Crippen LogP) is 8.17. The summed E-state index contributed by atoms with van der Waals surface area (Å²) in [6.07, 6.45) is 10.3. The Morgan fingerprint density at radius 2 is 1.66 bits per heavy atom.